The van der Waals surface area contributed by atoms with E-state index < -0.39 is 0 Å². The van der Waals surface area contributed by atoms with E-state index in [9.17, 15) is 4.39 Å². The Morgan fingerprint density at radius 1 is 1.44 bits per heavy atom. The molecule has 1 aromatic carbocycles. The molecule has 0 saturated carbocycles. The maximum absolute atomic E-state index is 13.1. The number of benzene rings is 1. The molecule has 1 aromatic rings. The summed E-state index contributed by atoms with van der Waals surface area (Å²) in [5.41, 5.74) is 1.01. The molecule has 1 aliphatic heterocycles. The lowest BCUT2D eigenvalue weighted by atomic mass is 9.91. The van der Waals surface area contributed by atoms with Gasteiger partial charge in [-0.1, -0.05) is 31.5 Å². The maximum Gasteiger partial charge on any atom is 0.141 e. The summed E-state index contributed by atoms with van der Waals surface area (Å²) in [7, 11) is 0. The Labute approximate surface area is 112 Å². The fourth-order valence-corrected chi connectivity index (χ4v) is 2.50. The molecule has 18 heavy (non-hydrogen) atoms. The number of rotatable bonds is 3. The van der Waals surface area contributed by atoms with Gasteiger partial charge in [0.1, 0.15) is 5.82 Å². The van der Waals surface area contributed by atoms with Gasteiger partial charge in [-0.3, -0.25) is 0 Å². The number of ether oxygens (including phenoxy) is 1. The normalized spacial score (nSPS) is 23.0. The molecule has 0 radical (unpaired) electrons. The van der Waals surface area contributed by atoms with Gasteiger partial charge in [-0.05, 0) is 30.5 Å². The first-order valence-electron chi connectivity index (χ1n) is 6.42. The van der Waals surface area contributed by atoms with Crippen molar-refractivity contribution in [1.82, 2.24) is 5.32 Å². The van der Waals surface area contributed by atoms with E-state index in [1.165, 1.54) is 6.07 Å². The predicted molar refractivity (Wildman–Crippen MR) is 71.4 cm³/mol. The smallest absolute Gasteiger partial charge is 0.141 e. The Kier molecular flexibility index (Phi) is 4.25. The monoisotopic (exact) mass is 271 g/mol. The van der Waals surface area contributed by atoms with Crippen molar-refractivity contribution in [2.24, 2.45) is 0 Å². The van der Waals surface area contributed by atoms with Gasteiger partial charge in [0.2, 0.25) is 0 Å². The molecule has 1 saturated heterocycles. The molecule has 1 unspecified atom stereocenters. The summed E-state index contributed by atoms with van der Waals surface area (Å²) in [4.78, 5) is 0. The topological polar surface area (TPSA) is 21.3 Å². The molecule has 2 rings (SSSR count). The van der Waals surface area contributed by atoms with Gasteiger partial charge in [0.15, 0.2) is 0 Å². The molecular formula is C14H19ClFNO. The Hall–Kier alpha value is -0.640. The van der Waals surface area contributed by atoms with Crippen LogP contribution in [-0.4, -0.2) is 18.7 Å². The molecule has 1 fully saturated rings. The third kappa shape index (κ3) is 2.68. The average Bonchev–Trinajstić information content (AvgIpc) is 2.42. The van der Waals surface area contributed by atoms with E-state index in [1.807, 2.05) is 0 Å². The van der Waals surface area contributed by atoms with Crippen LogP contribution in [0, 0.1) is 5.82 Å². The van der Waals surface area contributed by atoms with Crippen LogP contribution in [0.2, 0.25) is 5.02 Å². The number of nitrogens with one attached hydrogen (secondary N) is 1. The summed E-state index contributed by atoms with van der Waals surface area (Å²) in [5, 5.41) is 3.70. The van der Waals surface area contributed by atoms with Crippen molar-refractivity contribution in [3.05, 3.63) is 34.6 Å². The van der Waals surface area contributed by atoms with Crippen molar-refractivity contribution < 1.29 is 9.13 Å². The van der Waals surface area contributed by atoms with Crippen LogP contribution < -0.4 is 5.32 Å². The van der Waals surface area contributed by atoms with Crippen LogP contribution in [0.3, 0.4) is 0 Å². The van der Waals surface area contributed by atoms with Crippen LogP contribution >= 0.6 is 11.6 Å². The molecule has 0 aromatic heterocycles. The lowest BCUT2D eigenvalue weighted by Crippen LogP contribution is -2.54. The van der Waals surface area contributed by atoms with Crippen molar-refractivity contribution in [2.75, 3.05) is 13.2 Å². The zero-order valence-electron chi connectivity index (χ0n) is 10.8. The fourth-order valence-electron chi connectivity index (χ4n) is 2.31. The first-order valence-corrected chi connectivity index (χ1v) is 6.79. The molecule has 1 N–H and O–H groups in total. The van der Waals surface area contributed by atoms with Crippen LogP contribution in [0.1, 0.15) is 38.4 Å². The Morgan fingerprint density at radius 2 is 2.17 bits per heavy atom. The minimum Gasteiger partial charge on any atom is -0.370 e. The maximum atomic E-state index is 13.1. The van der Waals surface area contributed by atoms with Gasteiger partial charge in [-0.2, -0.15) is 0 Å². The summed E-state index contributed by atoms with van der Waals surface area (Å²) in [6.07, 6.45) is 2.04. The summed E-state index contributed by atoms with van der Waals surface area (Å²) >= 11 is 5.79. The van der Waals surface area contributed by atoms with Crippen LogP contribution in [0.15, 0.2) is 18.2 Å². The zero-order chi connectivity index (χ0) is 13.2. The van der Waals surface area contributed by atoms with E-state index in [0.29, 0.717) is 6.61 Å². The molecule has 0 bridgehead atoms. The molecule has 100 valence electrons. The Balaban J connectivity index is 2.07. The first kappa shape index (κ1) is 13.8. The quantitative estimate of drug-likeness (QED) is 0.905. The number of hydrogen-bond donors (Lipinski definition) is 1. The molecule has 2 nitrogen and oxygen atoms in total. The van der Waals surface area contributed by atoms with Crippen LogP contribution in [0.25, 0.3) is 0 Å². The molecule has 4 heteroatoms. The summed E-state index contributed by atoms with van der Waals surface area (Å²) in [5.74, 6) is -0.388. The molecule has 1 atom stereocenters. The van der Waals surface area contributed by atoms with Crippen LogP contribution in [0.4, 0.5) is 4.39 Å². The standard InChI is InChI=1S/C14H19ClFNO/c1-3-14(4-2)9-18-13(8-17-14)10-5-6-12(16)11(15)7-10/h5-7,13,17H,3-4,8-9H2,1-2H3. The SMILES string of the molecule is CCC1(CC)COC(c2ccc(F)c(Cl)c2)CN1. The van der Waals surface area contributed by atoms with E-state index >= 15 is 0 Å². The highest BCUT2D eigenvalue weighted by Gasteiger charge is 2.33. The zero-order valence-corrected chi connectivity index (χ0v) is 11.6. The highest BCUT2D eigenvalue weighted by Crippen LogP contribution is 2.29. The third-order valence-corrected chi connectivity index (χ3v) is 4.18. The highest BCUT2D eigenvalue weighted by atomic mass is 35.5. The van der Waals surface area contributed by atoms with Crippen molar-refractivity contribution in [1.29, 1.82) is 0 Å². The molecule has 1 heterocycles. The van der Waals surface area contributed by atoms with Crippen molar-refractivity contribution in [2.45, 2.75) is 38.3 Å². The molecule has 0 aliphatic carbocycles. The van der Waals surface area contributed by atoms with Gasteiger partial charge in [0, 0.05) is 12.1 Å². The van der Waals surface area contributed by atoms with Gasteiger partial charge in [0.25, 0.3) is 0 Å². The van der Waals surface area contributed by atoms with Crippen LogP contribution in [-0.2, 0) is 4.74 Å². The molecule has 1 aliphatic rings. The largest absolute Gasteiger partial charge is 0.370 e. The molecule has 0 amide bonds. The summed E-state index contributed by atoms with van der Waals surface area (Å²) in [6, 6.07) is 4.77. The lowest BCUT2D eigenvalue weighted by Gasteiger charge is -2.40. The molecular weight excluding hydrogens is 253 g/mol. The first-order chi connectivity index (χ1) is 8.60. The Morgan fingerprint density at radius 3 is 2.67 bits per heavy atom. The van der Waals surface area contributed by atoms with E-state index in [2.05, 4.69) is 19.2 Å². The average molecular weight is 272 g/mol. The van der Waals surface area contributed by atoms with Crippen molar-refractivity contribution in [3.63, 3.8) is 0 Å². The second-order valence-corrected chi connectivity index (χ2v) is 5.25. The second kappa shape index (κ2) is 5.55. The number of morpholine rings is 1. The fraction of sp³-hybridized carbons (Fsp3) is 0.571. The summed E-state index contributed by atoms with van der Waals surface area (Å²) < 4.78 is 19.0. The third-order valence-electron chi connectivity index (χ3n) is 3.89. The van der Waals surface area contributed by atoms with E-state index in [-0.39, 0.29) is 22.5 Å². The predicted octanol–water partition coefficient (Wildman–Crippen LogP) is 3.70. The highest BCUT2D eigenvalue weighted by molar-refractivity contribution is 6.30. The number of hydrogen-bond acceptors (Lipinski definition) is 2. The van der Waals surface area contributed by atoms with E-state index in [1.54, 1.807) is 12.1 Å². The number of halogens is 2. The van der Waals surface area contributed by atoms with E-state index in [0.717, 1.165) is 24.9 Å². The van der Waals surface area contributed by atoms with Gasteiger partial charge in [-0.25, -0.2) is 4.39 Å². The minimum absolute atomic E-state index is 0.0469. The summed E-state index contributed by atoms with van der Waals surface area (Å²) in [6.45, 7) is 5.74. The van der Waals surface area contributed by atoms with Gasteiger partial charge < -0.3 is 10.1 Å². The lowest BCUT2D eigenvalue weighted by molar-refractivity contribution is -0.0374. The Bertz CT molecular complexity index is 410. The van der Waals surface area contributed by atoms with Crippen molar-refractivity contribution >= 4 is 11.6 Å². The van der Waals surface area contributed by atoms with Gasteiger partial charge >= 0.3 is 0 Å². The van der Waals surface area contributed by atoms with Crippen LogP contribution in [0.5, 0.6) is 0 Å². The second-order valence-electron chi connectivity index (χ2n) is 4.84. The van der Waals surface area contributed by atoms with E-state index in [4.69, 9.17) is 16.3 Å². The minimum atomic E-state index is -0.388. The molecule has 0 spiro atoms. The van der Waals surface area contributed by atoms with Gasteiger partial charge in [0.05, 0.1) is 17.7 Å². The van der Waals surface area contributed by atoms with Gasteiger partial charge in [-0.15, -0.1) is 0 Å². The van der Waals surface area contributed by atoms with Crippen molar-refractivity contribution in [3.8, 4) is 0 Å².